The monoisotopic (exact) mass is 335 g/mol. The number of nitrogens with one attached hydrogen (secondary N) is 1. The Bertz CT molecular complexity index is 383. The van der Waals surface area contributed by atoms with Crippen LogP contribution in [0.1, 0.15) is 44.0 Å². The first kappa shape index (κ1) is 13.9. The number of rotatable bonds is 3. The molecule has 2 atom stereocenters. The van der Waals surface area contributed by atoms with Crippen molar-refractivity contribution in [1.29, 1.82) is 0 Å². The predicted octanol–water partition coefficient (Wildman–Crippen LogP) is 5.25. The van der Waals surface area contributed by atoms with Crippen LogP contribution in [0.3, 0.4) is 0 Å². The first-order chi connectivity index (χ1) is 7.95. The summed E-state index contributed by atoms with van der Waals surface area (Å²) in [7, 11) is 2.06. The van der Waals surface area contributed by atoms with E-state index in [0.717, 1.165) is 8.81 Å². The highest BCUT2D eigenvalue weighted by Crippen LogP contribution is 2.50. The van der Waals surface area contributed by atoms with E-state index >= 15 is 0 Å². The number of hydrogen-bond acceptors (Lipinski definition) is 2. The van der Waals surface area contributed by atoms with Crippen LogP contribution in [0.4, 0.5) is 0 Å². The van der Waals surface area contributed by atoms with Crippen molar-refractivity contribution in [2.45, 2.75) is 39.2 Å². The van der Waals surface area contributed by atoms with Crippen molar-refractivity contribution in [3.05, 3.63) is 19.8 Å². The molecule has 0 saturated heterocycles. The second kappa shape index (κ2) is 5.20. The minimum Gasteiger partial charge on any atom is -0.312 e. The first-order valence-electron chi connectivity index (χ1n) is 6.07. The van der Waals surface area contributed by atoms with Crippen LogP contribution in [-0.2, 0) is 0 Å². The molecule has 1 aliphatic rings. The van der Waals surface area contributed by atoms with E-state index in [9.17, 15) is 0 Å². The number of hydrogen-bond donors (Lipinski definition) is 1. The predicted molar refractivity (Wildman–Crippen MR) is 80.0 cm³/mol. The second-order valence-corrected chi connectivity index (χ2v) is 8.33. The van der Waals surface area contributed by atoms with Gasteiger partial charge in [0.2, 0.25) is 0 Å². The Morgan fingerprint density at radius 2 is 2.29 bits per heavy atom. The lowest BCUT2D eigenvalue weighted by Crippen LogP contribution is -2.31. The summed E-state index contributed by atoms with van der Waals surface area (Å²) in [6.07, 6.45) is 3.98. The van der Waals surface area contributed by atoms with Gasteiger partial charge in [-0.15, -0.1) is 11.3 Å². The topological polar surface area (TPSA) is 12.0 Å². The van der Waals surface area contributed by atoms with Crippen molar-refractivity contribution in [1.82, 2.24) is 5.32 Å². The molecule has 1 saturated carbocycles. The molecule has 1 aromatic heterocycles. The summed E-state index contributed by atoms with van der Waals surface area (Å²) in [6.45, 7) is 4.78. The smallest absolute Gasteiger partial charge is 0.0887 e. The van der Waals surface area contributed by atoms with E-state index in [-0.39, 0.29) is 0 Å². The van der Waals surface area contributed by atoms with Gasteiger partial charge >= 0.3 is 0 Å². The molecule has 4 heteroatoms. The van der Waals surface area contributed by atoms with Crippen LogP contribution in [0, 0.1) is 11.3 Å². The summed E-state index contributed by atoms with van der Waals surface area (Å²) in [5.41, 5.74) is 0.427. The van der Waals surface area contributed by atoms with Gasteiger partial charge < -0.3 is 5.32 Å². The fraction of sp³-hybridized carbons (Fsp3) is 0.692. The van der Waals surface area contributed by atoms with Gasteiger partial charge in [-0.05, 0) is 53.2 Å². The van der Waals surface area contributed by atoms with Crippen molar-refractivity contribution < 1.29 is 0 Å². The van der Waals surface area contributed by atoms with Crippen LogP contribution >= 0.6 is 38.9 Å². The van der Waals surface area contributed by atoms with E-state index < -0.39 is 0 Å². The summed E-state index contributed by atoms with van der Waals surface area (Å²) in [5, 5.41) is 4.32. The van der Waals surface area contributed by atoms with E-state index in [1.807, 2.05) is 0 Å². The lowest BCUT2D eigenvalue weighted by molar-refractivity contribution is 0.205. The van der Waals surface area contributed by atoms with Crippen LogP contribution in [0.25, 0.3) is 0 Å². The molecule has 0 aliphatic heterocycles. The number of halogens is 2. The molecule has 1 N–H and O–H groups in total. The summed E-state index contributed by atoms with van der Waals surface area (Å²) in [6, 6.07) is 2.53. The molecule has 0 amide bonds. The van der Waals surface area contributed by atoms with Gasteiger partial charge in [0.1, 0.15) is 0 Å². The summed E-state index contributed by atoms with van der Waals surface area (Å²) < 4.78 is 1.05. The SMILES string of the molecule is CNC(c1cc(Cl)c(Br)s1)C1CCCC1(C)C. The van der Waals surface area contributed by atoms with E-state index in [0.29, 0.717) is 17.4 Å². The summed E-state index contributed by atoms with van der Waals surface area (Å²) in [5.74, 6) is 0.703. The molecular formula is C13H19BrClNS. The first-order valence-corrected chi connectivity index (χ1v) is 8.06. The lowest BCUT2D eigenvalue weighted by atomic mass is 9.77. The fourth-order valence-electron chi connectivity index (χ4n) is 3.03. The van der Waals surface area contributed by atoms with E-state index in [4.69, 9.17) is 11.6 Å². The Balaban J connectivity index is 2.27. The van der Waals surface area contributed by atoms with Crippen molar-refractivity contribution in [2.24, 2.45) is 11.3 Å². The van der Waals surface area contributed by atoms with Crippen molar-refractivity contribution in [2.75, 3.05) is 7.05 Å². The third-order valence-corrected chi connectivity index (χ3v) is 6.58. The molecule has 17 heavy (non-hydrogen) atoms. The van der Waals surface area contributed by atoms with Crippen LogP contribution in [0.2, 0.25) is 5.02 Å². The third kappa shape index (κ3) is 2.73. The van der Waals surface area contributed by atoms with Crippen molar-refractivity contribution in [3.63, 3.8) is 0 Å². The number of thiophene rings is 1. The van der Waals surface area contributed by atoms with E-state index in [1.54, 1.807) is 11.3 Å². The van der Waals surface area contributed by atoms with Gasteiger partial charge in [0.05, 0.1) is 8.81 Å². The molecule has 2 unspecified atom stereocenters. The minimum atomic E-state index is 0.427. The molecule has 1 heterocycles. The molecule has 0 radical (unpaired) electrons. The maximum absolute atomic E-state index is 6.14. The highest BCUT2D eigenvalue weighted by molar-refractivity contribution is 9.11. The van der Waals surface area contributed by atoms with Gasteiger partial charge in [-0.1, -0.05) is 31.9 Å². The van der Waals surface area contributed by atoms with E-state index in [1.165, 1.54) is 24.1 Å². The van der Waals surface area contributed by atoms with Crippen LogP contribution in [0.5, 0.6) is 0 Å². The third-order valence-electron chi connectivity index (χ3n) is 4.02. The minimum absolute atomic E-state index is 0.427. The average molecular weight is 337 g/mol. The Labute approximate surface area is 121 Å². The molecule has 0 aromatic carbocycles. The average Bonchev–Trinajstić information content (AvgIpc) is 2.74. The quantitative estimate of drug-likeness (QED) is 0.794. The molecular weight excluding hydrogens is 318 g/mol. The fourth-order valence-corrected chi connectivity index (χ4v) is 4.95. The zero-order valence-electron chi connectivity index (χ0n) is 10.5. The van der Waals surface area contributed by atoms with Crippen LogP contribution in [0.15, 0.2) is 9.85 Å². The van der Waals surface area contributed by atoms with Gasteiger partial charge in [-0.2, -0.15) is 0 Å². The normalized spacial score (nSPS) is 25.1. The van der Waals surface area contributed by atoms with Gasteiger partial charge in [0.15, 0.2) is 0 Å². The van der Waals surface area contributed by atoms with Gasteiger partial charge in [0, 0.05) is 10.9 Å². The zero-order valence-corrected chi connectivity index (χ0v) is 13.7. The van der Waals surface area contributed by atoms with Crippen molar-refractivity contribution >= 4 is 38.9 Å². The molecule has 96 valence electrons. The molecule has 1 fully saturated rings. The Morgan fingerprint density at radius 1 is 1.59 bits per heavy atom. The highest BCUT2D eigenvalue weighted by Gasteiger charge is 2.40. The van der Waals surface area contributed by atoms with Crippen LogP contribution < -0.4 is 5.32 Å². The standard InChI is InChI=1S/C13H19BrClNS/c1-13(2)6-4-5-8(13)11(16-3)10-7-9(15)12(14)17-10/h7-8,11,16H,4-6H2,1-3H3. The van der Waals surface area contributed by atoms with Gasteiger partial charge in [0.25, 0.3) is 0 Å². The Kier molecular flexibility index (Phi) is 4.24. The maximum Gasteiger partial charge on any atom is 0.0887 e. The second-order valence-electron chi connectivity index (χ2n) is 5.52. The van der Waals surface area contributed by atoms with Gasteiger partial charge in [-0.25, -0.2) is 0 Å². The van der Waals surface area contributed by atoms with Gasteiger partial charge in [-0.3, -0.25) is 0 Å². The molecule has 0 spiro atoms. The zero-order chi connectivity index (χ0) is 12.6. The largest absolute Gasteiger partial charge is 0.312 e. The molecule has 2 rings (SSSR count). The Morgan fingerprint density at radius 3 is 2.71 bits per heavy atom. The Hall–Kier alpha value is 0.430. The molecule has 0 bridgehead atoms. The van der Waals surface area contributed by atoms with Crippen molar-refractivity contribution in [3.8, 4) is 0 Å². The molecule has 1 nitrogen and oxygen atoms in total. The van der Waals surface area contributed by atoms with E-state index in [2.05, 4.69) is 48.2 Å². The lowest BCUT2D eigenvalue weighted by Gasteiger charge is -2.33. The summed E-state index contributed by atoms with van der Waals surface area (Å²) in [4.78, 5) is 1.35. The van der Waals surface area contributed by atoms with Crippen LogP contribution in [-0.4, -0.2) is 7.05 Å². The highest BCUT2D eigenvalue weighted by atomic mass is 79.9. The molecule has 1 aromatic rings. The summed E-state index contributed by atoms with van der Waals surface area (Å²) >= 11 is 11.4. The maximum atomic E-state index is 6.14. The molecule has 1 aliphatic carbocycles.